The predicted octanol–water partition coefficient (Wildman–Crippen LogP) is 2.87. The number of rotatable bonds is 6. The highest BCUT2D eigenvalue weighted by atomic mass is 32.2. The summed E-state index contributed by atoms with van der Waals surface area (Å²) >= 11 is 1.45. The number of thiophene rings is 1. The van der Waals surface area contributed by atoms with Gasteiger partial charge in [0.15, 0.2) is 4.90 Å². The monoisotopic (exact) mass is 326 g/mol. The van der Waals surface area contributed by atoms with Gasteiger partial charge >= 0.3 is 0 Å². The third-order valence-corrected chi connectivity index (χ3v) is 5.77. The van der Waals surface area contributed by atoms with Gasteiger partial charge in [0.1, 0.15) is 0 Å². The first-order valence-electron chi connectivity index (χ1n) is 6.22. The van der Waals surface area contributed by atoms with Gasteiger partial charge in [0.2, 0.25) is 10.0 Å². The Hall–Kier alpha value is -1.77. The number of hydrogen-bond donors (Lipinski definition) is 0. The minimum atomic E-state index is -3.90. The lowest BCUT2D eigenvalue weighted by molar-refractivity contribution is -0.387. The van der Waals surface area contributed by atoms with Gasteiger partial charge < -0.3 is 0 Å². The van der Waals surface area contributed by atoms with Crippen molar-refractivity contribution in [3.05, 3.63) is 56.8 Å². The van der Waals surface area contributed by atoms with E-state index in [1.54, 1.807) is 6.92 Å². The van der Waals surface area contributed by atoms with Crippen molar-refractivity contribution in [3.8, 4) is 0 Å². The molecule has 1 aromatic carbocycles. The smallest absolute Gasteiger partial charge is 0.258 e. The van der Waals surface area contributed by atoms with Crippen molar-refractivity contribution in [3.63, 3.8) is 0 Å². The summed E-state index contributed by atoms with van der Waals surface area (Å²) in [5.74, 6) is 0. The first-order chi connectivity index (χ1) is 9.96. The second kappa shape index (κ2) is 6.33. The molecule has 21 heavy (non-hydrogen) atoms. The van der Waals surface area contributed by atoms with E-state index in [4.69, 9.17) is 0 Å². The van der Waals surface area contributed by atoms with Crippen LogP contribution >= 0.6 is 11.3 Å². The molecule has 6 nitrogen and oxygen atoms in total. The summed E-state index contributed by atoms with van der Waals surface area (Å²) in [5.41, 5.74) is -0.401. The van der Waals surface area contributed by atoms with Crippen LogP contribution in [0.3, 0.4) is 0 Å². The molecule has 112 valence electrons. The maximum absolute atomic E-state index is 12.6. The Bertz CT molecular complexity index is 726. The molecule has 0 atom stereocenters. The van der Waals surface area contributed by atoms with Crippen LogP contribution in [0.5, 0.6) is 0 Å². The molecule has 8 heteroatoms. The van der Waals surface area contributed by atoms with Crippen LogP contribution in [0.15, 0.2) is 46.7 Å². The Labute approximate surface area is 126 Å². The fourth-order valence-electron chi connectivity index (χ4n) is 1.91. The summed E-state index contributed by atoms with van der Waals surface area (Å²) in [5, 5.41) is 12.9. The number of para-hydroxylation sites is 1. The number of benzene rings is 1. The van der Waals surface area contributed by atoms with Crippen LogP contribution in [-0.2, 0) is 16.6 Å². The maximum atomic E-state index is 12.6. The highest BCUT2D eigenvalue weighted by Gasteiger charge is 2.30. The molecule has 0 bridgehead atoms. The fourth-order valence-corrected chi connectivity index (χ4v) is 4.29. The molecule has 0 spiro atoms. The number of nitrogens with zero attached hydrogens (tertiary/aromatic N) is 2. The topological polar surface area (TPSA) is 80.5 Å². The van der Waals surface area contributed by atoms with Gasteiger partial charge in [-0.05, 0) is 17.5 Å². The molecule has 0 saturated heterocycles. The largest absolute Gasteiger partial charge is 0.289 e. The van der Waals surface area contributed by atoms with Crippen molar-refractivity contribution in [2.45, 2.75) is 18.4 Å². The normalized spacial score (nSPS) is 11.7. The van der Waals surface area contributed by atoms with E-state index in [0.717, 1.165) is 4.88 Å². The summed E-state index contributed by atoms with van der Waals surface area (Å²) in [6.07, 6.45) is 0. The molecule has 2 aromatic rings. The van der Waals surface area contributed by atoms with Crippen LogP contribution in [0.1, 0.15) is 11.8 Å². The Kier molecular flexibility index (Phi) is 4.71. The molecule has 0 fully saturated rings. The van der Waals surface area contributed by atoms with Crippen molar-refractivity contribution < 1.29 is 13.3 Å². The standard InChI is InChI=1S/C13H14N2O4S2/c1-2-14(10-11-6-5-9-20-11)21(18,19)13-8-4-3-7-12(13)15(16)17/h3-9H,2,10H2,1H3. The summed E-state index contributed by atoms with van der Waals surface area (Å²) in [7, 11) is -3.90. The number of sulfonamides is 1. The van der Waals surface area contributed by atoms with Crippen molar-refractivity contribution in [2.24, 2.45) is 0 Å². The Morgan fingerprint density at radius 2 is 1.95 bits per heavy atom. The molecule has 0 radical (unpaired) electrons. The molecular weight excluding hydrogens is 312 g/mol. The summed E-state index contributed by atoms with van der Waals surface area (Å²) in [6, 6.07) is 9.08. The third kappa shape index (κ3) is 3.29. The average molecular weight is 326 g/mol. The highest BCUT2D eigenvalue weighted by Crippen LogP contribution is 2.27. The van der Waals surface area contributed by atoms with E-state index in [1.165, 1.54) is 39.9 Å². The van der Waals surface area contributed by atoms with E-state index < -0.39 is 20.6 Å². The van der Waals surface area contributed by atoms with Crippen LogP contribution < -0.4 is 0 Å². The van der Waals surface area contributed by atoms with Crippen LogP contribution in [0.2, 0.25) is 0 Å². The molecule has 1 heterocycles. The second-order valence-electron chi connectivity index (χ2n) is 4.24. The predicted molar refractivity (Wildman–Crippen MR) is 80.7 cm³/mol. The lowest BCUT2D eigenvalue weighted by Crippen LogP contribution is -2.30. The second-order valence-corrected chi connectivity index (χ2v) is 7.17. The zero-order valence-corrected chi connectivity index (χ0v) is 12.9. The van der Waals surface area contributed by atoms with Gasteiger partial charge in [-0.25, -0.2) is 8.42 Å². The van der Waals surface area contributed by atoms with E-state index >= 15 is 0 Å². The van der Waals surface area contributed by atoms with Crippen LogP contribution in [-0.4, -0.2) is 24.2 Å². The van der Waals surface area contributed by atoms with Gasteiger partial charge in [-0.1, -0.05) is 25.1 Å². The quantitative estimate of drug-likeness (QED) is 0.604. The fraction of sp³-hybridized carbons (Fsp3) is 0.231. The number of nitro groups is 1. The lowest BCUT2D eigenvalue weighted by atomic mass is 10.3. The van der Waals surface area contributed by atoms with Crippen LogP contribution in [0.4, 0.5) is 5.69 Å². The highest BCUT2D eigenvalue weighted by molar-refractivity contribution is 7.89. The SMILES string of the molecule is CCN(Cc1cccs1)S(=O)(=O)c1ccccc1[N+](=O)[O-]. The van der Waals surface area contributed by atoms with E-state index in [-0.39, 0.29) is 18.0 Å². The van der Waals surface area contributed by atoms with E-state index in [1.807, 2.05) is 17.5 Å². The summed E-state index contributed by atoms with van der Waals surface area (Å²) in [4.78, 5) is 11.0. The minimum Gasteiger partial charge on any atom is -0.258 e. The number of hydrogen-bond acceptors (Lipinski definition) is 5. The molecule has 1 aromatic heterocycles. The first kappa shape index (κ1) is 15.6. The maximum Gasteiger partial charge on any atom is 0.289 e. The third-order valence-electron chi connectivity index (χ3n) is 2.94. The van der Waals surface area contributed by atoms with Gasteiger partial charge in [0.05, 0.1) is 4.92 Å². The molecule has 0 aliphatic rings. The van der Waals surface area contributed by atoms with Gasteiger partial charge in [-0.3, -0.25) is 10.1 Å². The van der Waals surface area contributed by atoms with Crippen molar-refractivity contribution >= 4 is 27.0 Å². The van der Waals surface area contributed by atoms with Crippen LogP contribution in [0.25, 0.3) is 0 Å². The molecule has 0 unspecified atom stereocenters. The summed E-state index contributed by atoms with van der Waals surface area (Å²) < 4.78 is 26.5. The average Bonchev–Trinajstić information content (AvgIpc) is 2.97. The number of nitro benzene ring substituents is 1. The van der Waals surface area contributed by atoms with Gasteiger partial charge in [0, 0.05) is 24.0 Å². The molecule has 0 aliphatic heterocycles. The molecule has 0 N–H and O–H groups in total. The lowest BCUT2D eigenvalue weighted by Gasteiger charge is -2.19. The molecule has 0 amide bonds. The van der Waals surface area contributed by atoms with Crippen LogP contribution in [0, 0.1) is 10.1 Å². The van der Waals surface area contributed by atoms with Gasteiger partial charge in [-0.15, -0.1) is 11.3 Å². The zero-order valence-electron chi connectivity index (χ0n) is 11.3. The Balaban J connectivity index is 2.42. The minimum absolute atomic E-state index is 0.211. The van der Waals surface area contributed by atoms with Crippen molar-refractivity contribution in [2.75, 3.05) is 6.54 Å². The first-order valence-corrected chi connectivity index (χ1v) is 8.54. The van der Waals surface area contributed by atoms with E-state index in [9.17, 15) is 18.5 Å². The summed E-state index contributed by atoms with van der Waals surface area (Å²) in [6.45, 7) is 2.16. The van der Waals surface area contributed by atoms with E-state index in [2.05, 4.69) is 0 Å². The van der Waals surface area contributed by atoms with Crippen molar-refractivity contribution in [1.82, 2.24) is 4.31 Å². The Morgan fingerprint density at radius 1 is 1.24 bits per heavy atom. The molecular formula is C13H14N2O4S2. The van der Waals surface area contributed by atoms with Gasteiger partial charge in [0.25, 0.3) is 5.69 Å². The Morgan fingerprint density at radius 3 is 2.52 bits per heavy atom. The zero-order chi connectivity index (χ0) is 15.5. The van der Waals surface area contributed by atoms with Crippen molar-refractivity contribution in [1.29, 1.82) is 0 Å². The molecule has 2 rings (SSSR count). The van der Waals surface area contributed by atoms with Gasteiger partial charge in [-0.2, -0.15) is 4.31 Å². The molecule has 0 aliphatic carbocycles. The molecule has 0 saturated carbocycles. The van der Waals surface area contributed by atoms with E-state index in [0.29, 0.717) is 0 Å².